The minimum absolute atomic E-state index is 0.670. The predicted octanol–water partition coefficient (Wildman–Crippen LogP) is 1.93. The number of piperidine rings is 2. The molecular weight excluding hydrogens is 222 g/mol. The molecule has 0 spiro atoms. The van der Waals surface area contributed by atoms with Gasteiger partial charge in [0.15, 0.2) is 0 Å². The van der Waals surface area contributed by atoms with Gasteiger partial charge in [-0.3, -0.25) is 4.90 Å². The molecular formula is C15H31N3. The number of rotatable bonds is 5. The van der Waals surface area contributed by atoms with Crippen LogP contribution in [0.1, 0.15) is 46.0 Å². The van der Waals surface area contributed by atoms with Gasteiger partial charge in [0.05, 0.1) is 0 Å². The van der Waals surface area contributed by atoms with Crippen LogP contribution in [0.15, 0.2) is 0 Å². The minimum atomic E-state index is 0.670. The van der Waals surface area contributed by atoms with Gasteiger partial charge in [-0.2, -0.15) is 0 Å². The molecule has 106 valence electrons. The van der Waals surface area contributed by atoms with Gasteiger partial charge in [0.1, 0.15) is 0 Å². The first-order valence-corrected chi connectivity index (χ1v) is 7.77. The molecule has 1 N–H and O–H groups in total. The van der Waals surface area contributed by atoms with Crippen LogP contribution in [0, 0.1) is 0 Å². The highest BCUT2D eigenvalue weighted by Gasteiger charge is 2.38. The summed E-state index contributed by atoms with van der Waals surface area (Å²) < 4.78 is 0. The quantitative estimate of drug-likeness (QED) is 0.808. The van der Waals surface area contributed by atoms with Crippen molar-refractivity contribution in [2.24, 2.45) is 0 Å². The van der Waals surface area contributed by atoms with Crippen molar-refractivity contribution in [1.82, 2.24) is 15.1 Å². The highest BCUT2D eigenvalue weighted by molar-refractivity contribution is 4.95. The second kappa shape index (κ2) is 6.36. The maximum atomic E-state index is 3.67. The fraction of sp³-hybridized carbons (Fsp3) is 1.00. The SMILES string of the molecule is CCNC1CC2CCCC(C1)N2CC(C)N(C)C. The van der Waals surface area contributed by atoms with E-state index in [0.29, 0.717) is 6.04 Å². The van der Waals surface area contributed by atoms with Gasteiger partial charge in [-0.05, 0) is 53.2 Å². The Morgan fingerprint density at radius 1 is 1.22 bits per heavy atom. The number of hydrogen-bond acceptors (Lipinski definition) is 3. The molecule has 3 unspecified atom stereocenters. The molecule has 0 aromatic carbocycles. The highest BCUT2D eigenvalue weighted by atomic mass is 15.3. The molecule has 2 aliphatic heterocycles. The van der Waals surface area contributed by atoms with Crippen molar-refractivity contribution >= 4 is 0 Å². The molecule has 0 aromatic rings. The second-order valence-electron chi connectivity index (χ2n) is 6.47. The average Bonchev–Trinajstić information content (AvgIpc) is 2.30. The summed E-state index contributed by atoms with van der Waals surface area (Å²) in [5.74, 6) is 0. The third-order valence-electron chi connectivity index (χ3n) is 4.98. The summed E-state index contributed by atoms with van der Waals surface area (Å²) in [4.78, 5) is 5.17. The third kappa shape index (κ3) is 3.25. The smallest absolute Gasteiger partial charge is 0.0189 e. The van der Waals surface area contributed by atoms with E-state index in [9.17, 15) is 0 Å². The Labute approximate surface area is 113 Å². The fourth-order valence-corrected chi connectivity index (χ4v) is 3.70. The normalized spacial score (nSPS) is 34.8. The Balaban J connectivity index is 1.95. The number of likely N-dealkylation sites (N-methyl/N-ethyl adjacent to an activating group) is 1. The molecule has 2 bridgehead atoms. The van der Waals surface area contributed by atoms with Crippen molar-refractivity contribution in [2.75, 3.05) is 27.2 Å². The van der Waals surface area contributed by atoms with E-state index in [-0.39, 0.29) is 0 Å². The lowest BCUT2D eigenvalue weighted by Gasteiger charge is -2.50. The molecule has 0 aromatic heterocycles. The van der Waals surface area contributed by atoms with E-state index in [2.05, 4.69) is 43.1 Å². The van der Waals surface area contributed by atoms with Crippen molar-refractivity contribution in [2.45, 2.75) is 70.1 Å². The highest BCUT2D eigenvalue weighted by Crippen LogP contribution is 2.34. The molecule has 0 amide bonds. The monoisotopic (exact) mass is 253 g/mol. The summed E-state index contributed by atoms with van der Waals surface area (Å²) >= 11 is 0. The van der Waals surface area contributed by atoms with Crippen LogP contribution in [0.4, 0.5) is 0 Å². The fourth-order valence-electron chi connectivity index (χ4n) is 3.70. The third-order valence-corrected chi connectivity index (χ3v) is 4.98. The van der Waals surface area contributed by atoms with Crippen LogP contribution in [0.3, 0.4) is 0 Å². The lowest BCUT2D eigenvalue weighted by Crippen LogP contribution is -2.58. The van der Waals surface area contributed by atoms with Crippen molar-refractivity contribution in [3.8, 4) is 0 Å². The summed E-state index contributed by atoms with van der Waals surface area (Å²) in [6.45, 7) is 6.96. The van der Waals surface area contributed by atoms with Gasteiger partial charge in [0.25, 0.3) is 0 Å². The minimum Gasteiger partial charge on any atom is -0.314 e. The molecule has 2 saturated heterocycles. The van der Waals surface area contributed by atoms with E-state index in [1.807, 2.05) is 0 Å². The zero-order valence-corrected chi connectivity index (χ0v) is 12.7. The maximum absolute atomic E-state index is 3.67. The van der Waals surface area contributed by atoms with E-state index in [1.54, 1.807) is 0 Å². The first-order chi connectivity index (χ1) is 8.61. The Morgan fingerprint density at radius 2 is 1.83 bits per heavy atom. The number of nitrogens with one attached hydrogen (secondary N) is 1. The molecule has 0 aliphatic carbocycles. The predicted molar refractivity (Wildman–Crippen MR) is 78.0 cm³/mol. The Morgan fingerprint density at radius 3 is 2.33 bits per heavy atom. The molecule has 2 heterocycles. The topological polar surface area (TPSA) is 18.5 Å². The zero-order valence-electron chi connectivity index (χ0n) is 12.7. The standard InChI is InChI=1S/C15H31N3/c1-5-16-13-9-14-7-6-8-15(10-13)18(14)11-12(2)17(3)4/h12-16H,5-11H2,1-4H3. The van der Waals surface area contributed by atoms with Crippen LogP contribution in [-0.4, -0.2) is 61.2 Å². The van der Waals surface area contributed by atoms with E-state index >= 15 is 0 Å². The second-order valence-corrected chi connectivity index (χ2v) is 6.47. The Kier molecular flexibility index (Phi) is 5.05. The molecule has 0 saturated carbocycles. The van der Waals surface area contributed by atoms with E-state index in [0.717, 1.165) is 24.7 Å². The molecule has 3 atom stereocenters. The van der Waals surface area contributed by atoms with E-state index < -0.39 is 0 Å². The number of fused-ring (bicyclic) bond motifs is 2. The molecule has 3 heteroatoms. The van der Waals surface area contributed by atoms with Gasteiger partial charge >= 0.3 is 0 Å². The van der Waals surface area contributed by atoms with Crippen LogP contribution >= 0.6 is 0 Å². The summed E-state index contributed by atoms with van der Waals surface area (Å²) in [5, 5.41) is 3.67. The van der Waals surface area contributed by atoms with Crippen molar-refractivity contribution in [3.63, 3.8) is 0 Å². The molecule has 2 rings (SSSR count). The summed E-state index contributed by atoms with van der Waals surface area (Å²) in [5.41, 5.74) is 0. The summed E-state index contributed by atoms with van der Waals surface area (Å²) in [6.07, 6.45) is 7.01. The van der Waals surface area contributed by atoms with Gasteiger partial charge in [-0.15, -0.1) is 0 Å². The van der Waals surface area contributed by atoms with Gasteiger partial charge in [-0.25, -0.2) is 0 Å². The van der Waals surface area contributed by atoms with Crippen LogP contribution in [-0.2, 0) is 0 Å². The molecule has 0 radical (unpaired) electrons. The van der Waals surface area contributed by atoms with Gasteiger partial charge in [0.2, 0.25) is 0 Å². The first-order valence-electron chi connectivity index (χ1n) is 7.77. The van der Waals surface area contributed by atoms with Gasteiger partial charge in [-0.1, -0.05) is 13.3 Å². The largest absolute Gasteiger partial charge is 0.314 e. The lowest BCUT2D eigenvalue weighted by molar-refractivity contribution is 0.00966. The van der Waals surface area contributed by atoms with E-state index in [4.69, 9.17) is 0 Å². The first kappa shape index (κ1) is 14.3. The Hall–Kier alpha value is -0.120. The van der Waals surface area contributed by atoms with E-state index in [1.165, 1.54) is 38.6 Å². The maximum Gasteiger partial charge on any atom is 0.0189 e. The molecule has 18 heavy (non-hydrogen) atoms. The molecule has 3 nitrogen and oxygen atoms in total. The zero-order chi connectivity index (χ0) is 13.1. The Bertz CT molecular complexity index is 240. The molecule has 2 fully saturated rings. The number of nitrogens with zero attached hydrogens (tertiary/aromatic N) is 2. The van der Waals surface area contributed by atoms with Crippen LogP contribution < -0.4 is 5.32 Å². The molecule has 2 aliphatic rings. The lowest BCUT2D eigenvalue weighted by atomic mass is 9.81. The van der Waals surface area contributed by atoms with Crippen LogP contribution in [0.25, 0.3) is 0 Å². The van der Waals surface area contributed by atoms with Crippen molar-refractivity contribution < 1.29 is 0 Å². The van der Waals surface area contributed by atoms with Crippen molar-refractivity contribution in [3.05, 3.63) is 0 Å². The van der Waals surface area contributed by atoms with Gasteiger partial charge in [0, 0.05) is 30.7 Å². The van der Waals surface area contributed by atoms with Gasteiger partial charge < -0.3 is 10.2 Å². The number of hydrogen-bond donors (Lipinski definition) is 1. The van der Waals surface area contributed by atoms with Crippen LogP contribution in [0.2, 0.25) is 0 Å². The summed E-state index contributed by atoms with van der Waals surface area (Å²) in [7, 11) is 4.40. The average molecular weight is 253 g/mol. The van der Waals surface area contributed by atoms with Crippen molar-refractivity contribution in [1.29, 1.82) is 0 Å². The summed E-state index contributed by atoms with van der Waals surface area (Å²) in [6, 6.07) is 3.12. The van der Waals surface area contributed by atoms with Crippen LogP contribution in [0.5, 0.6) is 0 Å².